The highest BCUT2D eigenvalue weighted by molar-refractivity contribution is 5.96. The number of methoxy groups -OCH3 is 1. The lowest BCUT2D eigenvalue weighted by atomic mass is 10.1. The van der Waals surface area contributed by atoms with Crippen molar-refractivity contribution < 1.29 is 9.53 Å². The zero-order valence-electron chi connectivity index (χ0n) is 13.7. The molecule has 1 rings (SSSR count). The molecule has 0 saturated heterocycles. The molecule has 1 aromatic carbocycles. The number of rotatable bonds is 9. The first-order valence-electron chi connectivity index (χ1n) is 7.76. The summed E-state index contributed by atoms with van der Waals surface area (Å²) in [6, 6.07) is 5.95. The number of nitrogens with one attached hydrogen (secondary N) is 2. The Bertz CT molecular complexity index is 440. The van der Waals surface area contributed by atoms with E-state index in [0.29, 0.717) is 6.61 Å². The van der Waals surface area contributed by atoms with Crippen LogP contribution < -0.4 is 10.6 Å². The first-order chi connectivity index (χ1) is 10.1. The summed E-state index contributed by atoms with van der Waals surface area (Å²) in [5.74, 6) is -0.0231. The number of carbonyl (C=O) groups is 1. The number of anilines is 1. The van der Waals surface area contributed by atoms with Crippen molar-refractivity contribution in [3.63, 3.8) is 0 Å². The van der Waals surface area contributed by atoms with Crippen LogP contribution in [0, 0.1) is 6.92 Å². The summed E-state index contributed by atoms with van der Waals surface area (Å²) in [6.07, 6.45) is 3.03. The van der Waals surface area contributed by atoms with Crippen molar-refractivity contribution in [1.29, 1.82) is 0 Å². The molecule has 4 heteroatoms. The molecule has 0 heterocycles. The van der Waals surface area contributed by atoms with E-state index in [1.807, 2.05) is 25.1 Å². The molecule has 1 atom stereocenters. The normalized spacial score (nSPS) is 12.0. The van der Waals surface area contributed by atoms with Crippen LogP contribution in [0.3, 0.4) is 0 Å². The molecule has 2 N–H and O–H groups in total. The van der Waals surface area contributed by atoms with E-state index in [0.717, 1.165) is 42.6 Å². The molecule has 1 unspecified atom stereocenters. The van der Waals surface area contributed by atoms with Crippen molar-refractivity contribution in [2.45, 2.75) is 46.1 Å². The number of aryl methyl sites for hydroxylation is 1. The van der Waals surface area contributed by atoms with Gasteiger partial charge in [-0.15, -0.1) is 0 Å². The van der Waals surface area contributed by atoms with Crippen LogP contribution >= 0.6 is 0 Å². The fraction of sp³-hybridized carbons (Fsp3) is 0.588. The van der Waals surface area contributed by atoms with E-state index < -0.39 is 0 Å². The smallest absolute Gasteiger partial charge is 0.251 e. The largest absolute Gasteiger partial charge is 0.385 e. The molecular formula is C17H28N2O2. The van der Waals surface area contributed by atoms with Crippen LogP contribution in [0.4, 0.5) is 5.69 Å². The van der Waals surface area contributed by atoms with Crippen molar-refractivity contribution in [3.05, 3.63) is 29.3 Å². The predicted molar refractivity (Wildman–Crippen MR) is 88.0 cm³/mol. The minimum absolute atomic E-state index is 0.0231. The van der Waals surface area contributed by atoms with Gasteiger partial charge in [-0.3, -0.25) is 4.79 Å². The lowest BCUT2D eigenvalue weighted by Crippen LogP contribution is -2.38. The number of carbonyl (C=O) groups excluding carboxylic acids is 1. The summed E-state index contributed by atoms with van der Waals surface area (Å²) in [5.41, 5.74) is 2.78. The molecule has 0 aliphatic heterocycles. The Morgan fingerprint density at radius 3 is 2.62 bits per heavy atom. The Balaban J connectivity index is 2.72. The third-order valence-corrected chi connectivity index (χ3v) is 3.39. The van der Waals surface area contributed by atoms with E-state index in [1.54, 1.807) is 7.11 Å². The highest BCUT2D eigenvalue weighted by atomic mass is 16.5. The Hall–Kier alpha value is -1.55. The maximum absolute atomic E-state index is 12.4. The lowest BCUT2D eigenvalue weighted by molar-refractivity contribution is 0.0891. The monoisotopic (exact) mass is 292 g/mol. The maximum Gasteiger partial charge on any atom is 0.251 e. The average molecular weight is 292 g/mol. The van der Waals surface area contributed by atoms with Crippen LogP contribution in [-0.2, 0) is 4.74 Å². The number of hydrogen-bond acceptors (Lipinski definition) is 3. The fourth-order valence-corrected chi connectivity index (χ4v) is 2.31. The molecule has 1 aromatic rings. The van der Waals surface area contributed by atoms with Crippen LogP contribution in [0.15, 0.2) is 18.2 Å². The van der Waals surface area contributed by atoms with Crippen LogP contribution in [0.2, 0.25) is 0 Å². The van der Waals surface area contributed by atoms with Gasteiger partial charge in [0.15, 0.2) is 0 Å². The van der Waals surface area contributed by atoms with Crippen molar-refractivity contribution in [3.8, 4) is 0 Å². The molecular weight excluding hydrogens is 264 g/mol. The molecule has 0 aliphatic carbocycles. The van der Waals surface area contributed by atoms with Crippen LogP contribution in [0.5, 0.6) is 0 Å². The predicted octanol–water partition coefficient (Wildman–Crippen LogP) is 3.36. The van der Waals surface area contributed by atoms with E-state index in [9.17, 15) is 4.79 Å². The van der Waals surface area contributed by atoms with Crippen LogP contribution in [0.25, 0.3) is 0 Å². The fourth-order valence-electron chi connectivity index (χ4n) is 2.31. The first-order valence-corrected chi connectivity index (χ1v) is 7.76. The third kappa shape index (κ3) is 5.76. The van der Waals surface area contributed by atoms with E-state index in [4.69, 9.17) is 4.74 Å². The molecule has 0 spiro atoms. The van der Waals surface area contributed by atoms with Gasteiger partial charge in [0.25, 0.3) is 5.91 Å². The summed E-state index contributed by atoms with van der Waals surface area (Å²) in [4.78, 5) is 12.4. The van der Waals surface area contributed by atoms with Gasteiger partial charge < -0.3 is 15.4 Å². The Labute approximate surface area is 128 Å². The SMILES string of the molecule is CCCNc1ccc(C(=O)NC(CCC)COC)c(C)c1. The van der Waals surface area contributed by atoms with Gasteiger partial charge in [0, 0.05) is 24.9 Å². The molecule has 1 amide bonds. The van der Waals surface area contributed by atoms with E-state index >= 15 is 0 Å². The second kappa shape index (κ2) is 9.40. The Kier molecular flexibility index (Phi) is 7.83. The topological polar surface area (TPSA) is 50.4 Å². The molecule has 4 nitrogen and oxygen atoms in total. The summed E-state index contributed by atoms with van der Waals surface area (Å²) < 4.78 is 5.16. The maximum atomic E-state index is 12.4. The summed E-state index contributed by atoms with van der Waals surface area (Å²) in [7, 11) is 1.66. The molecule has 0 aliphatic rings. The standard InChI is InChI=1S/C17H28N2O2/c1-5-7-15(12-21-4)19-17(20)16-9-8-14(11-13(16)3)18-10-6-2/h8-9,11,15,18H,5-7,10,12H2,1-4H3,(H,19,20). The summed E-state index contributed by atoms with van der Waals surface area (Å²) in [6.45, 7) is 7.70. The average Bonchev–Trinajstić information content (AvgIpc) is 2.45. The van der Waals surface area contributed by atoms with Gasteiger partial charge in [0.1, 0.15) is 0 Å². The van der Waals surface area contributed by atoms with Gasteiger partial charge >= 0.3 is 0 Å². The van der Waals surface area contributed by atoms with Crippen molar-refractivity contribution in [2.24, 2.45) is 0 Å². The highest BCUT2D eigenvalue weighted by Gasteiger charge is 2.14. The minimum atomic E-state index is -0.0231. The third-order valence-electron chi connectivity index (χ3n) is 3.39. The second-order valence-corrected chi connectivity index (χ2v) is 5.37. The zero-order chi connectivity index (χ0) is 15.7. The molecule has 0 bridgehead atoms. The van der Waals surface area contributed by atoms with Gasteiger partial charge in [-0.2, -0.15) is 0 Å². The molecule has 118 valence electrons. The first kappa shape index (κ1) is 17.5. The summed E-state index contributed by atoms with van der Waals surface area (Å²) >= 11 is 0. The van der Waals surface area contributed by atoms with Crippen LogP contribution in [0.1, 0.15) is 49.0 Å². The second-order valence-electron chi connectivity index (χ2n) is 5.37. The number of benzene rings is 1. The van der Waals surface area contributed by atoms with Crippen LogP contribution in [-0.4, -0.2) is 32.2 Å². The number of hydrogen-bond donors (Lipinski definition) is 2. The quantitative estimate of drug-likeness (QED) is 0.734. The van der Waals surface area contributed by atoms with E-state index in [1.165, 1.54) is 0 Å². The molecule has 0 radical (unpaired) electrons. The van der Waals surface area contributed by atoms with E-state index in [-0.39, 0.29) is 11.9 Å². The highest BCUT2D eigenvalue weighted by Crippen LogP contribution is 2.15. The van der Waals surface area contributed by atoms with Crippen molar-refractivity contribution in [1.82, 2.24) is 5.32 Å². The Morgan fingerprint density at radius 1 is 1.29 bits per heavy atom. The molecule has 0 aromatic heterocycles. The van der Waals surface area contributed by atoms with E-state index in [2.05, 4.69) is 24.5 Å². The molecule has 0 fully saturated rings. The minimum Gasteiger partial charge on any atom is -0.385 e. The van der Waals surface area contributed by atoms with Gasteiger partial charge in [-0.25, -0.2) is 0 Å². The molecule has 21 heavy (non-hydrogen) atoms. The molecule has 0 saturated carbocycles. The van der Waals surface area contributed by atoms with Crippen molar-refractivity contribution >= 4 is 11.6 Å². The van der Waals surface area contributed by atoms with Gasteiger partial charge in [0.05, 0.1) is 12.6 Å². The Morgan fingerprint density at radius 2 is 2.05 bits per heavy atom. The zero-order valence-corrected chi connectivity index (χ0v) is 13.7. The number of amides is 1. The van der Waals surface area contributed by atoms with Gasteiger partial charge in [-0.05, 0) is 43.5 Å². The number of ether oxygens (including phenoxy) is 1. The van der Waals surface area contributed by atoms with Gasteiger partial charge in [0.2, 0.25) is 0 Å². The summed E-state index contributed by atoms with van der Waals surface area (Å²) in [5, 5.41) is 6.39. The lowest BCUT2D eigenvalue weighted by Gasteiger charge is -2.18. The van der Waals surface area contributed by atoms with Gasteiger partial charge in [-0.1, -0.05) is 20.3 Å². The van der Waals surface area contributed by atoms with Crippen molar-refractivity contribution in [2.75, 3.05) is 25.6 Å².